The molecule has 0 rings (SSSR count). The first-order valence-corrected chi connectivity index (χ1v) is 10.2. The van der Waals surface area contributed by atoms with Crippen LogP contribution in [-0.4, -0.2) is 64.4 Å². The van der Waals surface area contributed by atoms with Gasteiger partial charge in [-0.2, -0.15) is 0 Å². The number of hydrogen-bond acceptors (Lipinski definition) is 6. The molecule has 0 saturated heterocycles. The van der Waals surface area contributed by atoms with Crippen molar-refractivity contribution in [2.45, 2.75) is 64.9 Å². The number of nitrogens with one attached hydrogen (secondary N) is 1. The van der Waals surface area contributed by atoms with Crippen LogP contribution in [-0.2, 0) is 18.9 Å². The molecule has 0 aliphatic carbocycles. The predicted molar refractivity (Wildman–Crippen MR) is 108 cm³/mol. The molecule has 0 saturated carbocycles. The Labute approximate surface area is 169 Å². The van der Waals surface area contributed by atoms with E-state index in [4.69, 9.17) is 24.5 Å². The molecule has 164 valence electrons. The molecular formula is C19H38N4O5. The van der Waals surface area contributed by atoms with Crippen LogP contribution in [0.15, 0.2) is 5.11 Å². The number of rotatable bonds is 18. The monoisotopic (exact) mass is 402 g/mol. The van der Waals surface area contributed by atoms with Gasteiger partial charge in [0.25, 0.3) is 0 Å². The summed E-state index contributed by atoms with van der Waals surface area (Å²) in [6, 6.07) is 0. The first-order valence-electron chi connectivity index (χ1n) is 10.2. The van der Waals surface area contributed by atoms with E-state index in [9.17, 15) is 4.79 Å². The number of amides is 1. The summed E-state index contributed by atoms with van der Waals surface area (Å²) in [4.78, 5) is 14.2. The highest BCUT2D eigenvalue weighted by molar-refractivity contribution is 5.67. The summed E-state index contributed by atoms with van der Waals surface area (Å²) in [6.07, 6.45) is 5.37. The molecule has 9 heteroatoms. The Morgan fingerprint density at radius 3 is 1.93 bits per heavy atom. The summed E-state index contributed by atoms with van der Waals surface area (Å²) in [5.41, 5.74) is 7.68. The maximum Gasteiger partial charge on any atom is 0.407 e. The zero-order valence-electron chi connectivity index (χ0n) is 17.8. The Morgan fingerprint density at radius 1 is 0.857 bits per heavy atom. The number of hydrogen-bond donors (Lipinski definition) is 1. The fraction of sp³-hybridized carbons (Fsp3) is 0.947. The minimum Gasteiger partial charge on any atom is -0.444 e. The molecule has 0 bridgehead atoms. The number of unbranched alkanes of at least 4 members (excludes halogenated alkanes) is 4. The molecule has 0 aliphatic rings. The normalized spacial score (nSPS) is 11.1. The van der Waals surface area contributed by atoms with E-state index < -0.39 is 5.60 Å². The molecule has 0 fully saturated rings. The van der Waals surface area contributed by atoms with E-state index in [1.54, 1.807) is 0 Å². The van der Waals surface area contributed by atoms with Crippen LogP contribution in [0.4, 0.5) is 4.79 Å². The van der Waals surface area contributed by atoms with Gasteiger partial charge < -0.3 is 24.3 Å². The van der Waals surface area contributed by atoms with Crippen LogP contribution in [0, 0.1) is 0 Å². The SMILES string of the molecule is CC(C)(C)OC(=O)NCCCCCOCCOCCOCCCCCN=[N+]=[N-]. The van der Waals surface area contributed by atoms with Gasteiger partial charge in [0.15, 0.2) is 0 Å². The second-order valence-electron chi connectivity index (χ2n) is 7.34. The fourth-order valence-corrected chi connectivity index (χ4v) is 2.16. The molecule has 0 aromatic heterocycles. The van der Waals surface area contributed by atoms with Gasteiger partial charge in [0.1, 0.15) is 5.60 Å². The highest BCUT2D eigenvalue weighted by atomic mass is 16.6. The van der Waals surface area contributed by atoms with E-state index in [1.807, 2.05) is 20.8 Å². The predicted octanol–water partition coefficient (Wildman–Crippen LogP) is 4.21. The van der Waals surface area contributed by atoms with Crippen molar-refractivity contribution in [2.24, 2.45) is 5.11 Å². The molecule has 0 aromatic carbocycles. The molecule has 0 unspecified atom stereocenters. The number of carbonyl (C=O) groups excluding carboxylic acids is 1. The van der Waals surface area contributed by atoms with Crippen LogP contribution in [0.5, 0.6) is 0 Å². The van der Waals surface area contributed by atoms with Crippen molar-refractivity contribution in [3.8, 4) is 0 Å². The van der Waals surface area contributed by atoms with Crippen LogP contribution in [0.25, 0.3) is 10.4 Å². The first kappa shape index (κ1) is 26.5. The lowest BCUT2D eigenvalue weighted by atomic mass is 10.2. The van der Waals surface area contributed by atoms with Gasteiger partial charge in [-0.3, -0.25) is 0 Å². The van der Waals surface area contributed by atoms with E-state index in [2.05, 4.69) is 15.3 Å². The van der Waals surface area contributed by atoms with Gasteiger partial charge in [0.05, 0.1) is 26.4 Å². The molecule has 0 aromatic rings. The quantitative estimate of drug-likeness (QED) is 0.160. The summed E-state index contributed by atoms with van der Waals surface area (Å²) in [5, 5.41) is 6.23. The van der Waals surface area contributed by atoms with Crippen LogP contribution in [0.1, 0.15) is 59.3 Å². The first-order chi connectivity index (χ1) is 13.5. The van der Waals surface area contributed by atoms with Gasteiger partial charge in [-0.15, -0.1) is 0 Å². The van der Waals surface area contributed by atoms with Crippen molar-refractivity contribution in [2.75, 3.05) is 52.7 Å². The van der Waals surface area contributed by atoms with Gasteiger partial charge in [0.2, 0.25) is 0 Å². The largest absolute Gasteiger partial charge is 0.444 e. The van der Waals surface area contributed by atoms with Crippen molar-refractivity contribution >= 4 is 6.09 Å². The fourth-order valence-electron chi connectivity index (χ4n) is 2.16. The number of carbonyl (C=O) groups is 1. The van der Waals surface area contributed by atoms with Crippen LogP contribution in [0.3, 0.4) is 0 Å². The zero-order chi connectivity index (χ0) is 20.9. The molecule has 0 heterocycles. The van der Waals surface area contributed by atoms with Crippen LogP contribution in [0.2, 0.25) is 0 Å². The van der Waals surface area contributed by atoms with Gasteiger partial charge in [0, 0.05) is 31.2 Å². The number of ether oxygens (including phenoxy) is 4. The Hall–Kier alpha value is -1.54. The van der Waals surface area contributed by atoms with Crippen molar-refractivity contribution in [3.63, 3.8) is 0 Å². The lowest BCUT2D eigenvalue weighted by Gasteiger charge is -2.19. The topological polar surface area (TPSA) is 115 Å². The average Bonchev–Trinajstić information content (AvgIpc) is 2.62. The lowest BCUT2D eigenvalue weighted by Crippen LogP contribution is -2.33. The summed E-state index contributed by atoms with van der Waals surface area (Å²) in [5.74, 6) is 0. The minimum atomic E-state index is -0.457. The van der Waals surface area contributed by atoms with Gasteiger partial charge in [-0.05, 0) is 58.4 Å². The van der Waals surface area contributed by atoms with Crippen molar-refractivity contribution in [1.82, 2.24) is 5.32 Å². The van der Waals surface area contributed by atoms with Crippen molar-refractivity contribution in [3.05, 3.63) is 10.4 Å². The van der Waals surface area contributed by atoms with Gasteiger partial charge >= 0.3 is 6.09 Å². The van der Waals surface area contributed by atoms with Crippen LogP contribution >= 0.6 is 0 Å². The summed E-state index contributed by atoms with van der Waals surface area (Å²) in [6.45, 7) is 10.4. The molecular weight excluding hydrogens is 364 g/mol. The maximum absolute atomic E-state index is 11.4. The van der Waals surface area contributed by atoms with E-state index in [0.717, 1.165) is 38.5 Å². The van der Waals surface area contributed by atoms with Gasteiger partial charge in [-0.1, -0.05) is 11.5 Å². The summed E-state index contributed by atoms with van der Waals surface area (Å²) in [7, 11) is 0. The molecule has 0 atom stereocenters. The second kappa shape index (κ2) is 18.8. The van der Waals surface area contributed by atoms with E-state index >= 15 is 0 Å². The van der Waals surface area contributed by atoms with Crippen molar-refractivity contribution < 1.29 is 23.7 Å². The van der Waals surface area contributed by atoms with Crippen molar-refractivity contribution in [1.29, 1.82) is 0 Å². The molecule has 1 N–H and O–H groups in total. The van der Waals surface area contributed by atoms with Crippen LogP contribution < -0.4 is 5.32 Å². The average molecular weight is 403 g/mol. The lowest BCUT2D eigenvalue weighted by molar-refractivity contribution is 0.0132. The van der Waals surface area contributed by atoms with Gasteiger partial charge in [-0.25, -0.2) is 4.79 Å². The van der Waals surface area contributed by atoms with E-state index in [-0.39, 0.29) is 6.09 Å². The highest BCUT2D eigenvalue weighted by Crippen LogP contribution is 2.06. The molecule has 1 amide bonds. The van der Waals surface area contributed by atoms with E-state index in [0.29, 0.717) is 52.7 Å². The third-order valence-corrected chi connectivity index (χ3v) is 3.49. The highest BCUT2D eigenvalue weighted by Gasteiger charge is 2.15. The molecule has 9 nitrogen and oxygen atoms in total. The van der Waals surface area contributed by atoms with E-state index in [1.165, 1.54) is 0 Å². The maximum atomic E-state index is 11.4. The Balaban J connectivity index is 3.14. The molecule has 0 radical (unpaired) electrons. The molecule has 0 aliphatic heterocycles. The molecule has 0 spiro atoms. The second-order valence-corrected chi connectivity index (χ2v) is 7.34. The number of nitrogens with zero attached hydrogens (tertiary/aromatic N) is 3. The smallest absolute Gasteiger partial charge is 0.407 e. The Kier molecular flexibility index (Phi) is 17.8. The Bertz CT molecular complexity index is 423. The third-order valence-electron chi connectivity index (χ3n) is 3.49. The third kappa shape index (κ3) is 22.5. The standard InChI is InChI=1S/C19H38N4O5/c1-19(2,3)28-18(24)21-10-6-4-8-12-25-14-16-27-17-15-26-13-9-5-7-11-22-23-20/h4-17H2,1-3H3,(H,21,24). The summed E-state index contributed by atoms with van der Waals surface area (Å²) < 4.78 is 21.6. The number of alkyl carbamates (subject to hydrolysis) is 1. The summed E-state index contributed by atoms with van der Waals surface area (Å²) >= 11 is 0. The Morgan fingerprint density at radius 2 is 1.39 bits per heavy atom. The zero-order valence-corrected chi connectivity index (χ0v) is 17.8. The number of azide groups is 1. The minimum absolute atomic E-state index is 0.366. The molecule has 28 heavy (non-hydrogen) atoms.